The van der Waals surface area contributed by atoms with E-state index < -0.39 is 0 Å². The topological polar surface area (TPSA) is 42.0 Å². The number of halogens is 1. The van der Waals surface area contributed by atoms with Crippen LogP contribution in [0.2, 0.25) is 0 Å². The number of hydrogen-bond donors (Lipinski definition) is 2. The predicted molar refractivity (Wildman–Crippen MR) is 134 cm³/mol. The summed E-state index contributed by atoms with van der Waals surface area (Å²) >= 11 is 10.6. The van der Waals surface area contributed by atoms with Gasteiger partial charge in [-0.3, -0.25) is 4.79 Å². The highest BCUT2D eigenvalue weighted by molar-refractivity contribution is 9.10. The molecule has 0 atom stereocenters. The molecule has 0 saturated carbocycles. The van der Waals surface area contributed by atoms with E-state index in [0.717, 1.165) is 43.4 Å². The molecular formula is C23H17BrN2OS3. The second-order valence-corrected chi connectivity index (χ2v) is 10.7. The van der Waals surface area contributed by atoms with Crippen molar-refractivity contribution in [2.75, 3.05) is 5.32 Å². The van der Waals surface area contributed by atoms with Crippen LogP contribution in [0.5, 0.6) is 0 Å². The number of thiol groups is 1. The molecule has 0 unspecified atom stereocenters. The molecule has 0 spiro atoms. The minimum absolute atomic E-state index is 0.188. The summed E-state index contributed by atoms with van der Waals surface area (Å²) in [5, 5.41) is 6.14. The second-order valence-electron chi connectivity index (χ2n) is 7.31. The van der Waals surface area contributed by atoms with Gasteiger partial charge in [-0.05, 0) is 72.4 Å². The van der Waals surface area contributed by atoms with Crippen molar-refractivity contribution in [3.63, 3.8) is 0 Å². The van der Waals surface area contributed by atoms with Crippen LogP contribution in [0.1, 0.15) is 31.2 Å². The second kappa shape index (κ2) is 7.64. The Hall–Kier alpha value is -1.93. The highest BCUT2D eigenvalue weighted by atomic mass is 79.9. The molecule has 30 heavy (non-hydrogen) atoms. The van der Waals surface area contributed by atoms with Gasteiger partial charge in [-0.25, -0.2) is 4.98 Å². The highest BCUT2D eigenvalue weighted by Crippen LogP contribution is 2.41. The van der Waals surface area contributed by atoms with E-state index >= 15 is 0 Å². The van der Waals surface area contributed by atoms with Crippen LogP contribution in [0.15, 0.2) is 46.3 Å². The number of aromatic nitrogens is 1. The van der Waals surface area contributed by atoms with Crippen molar-refractivity contribution < 1.29 is 4.79 Å². The first kappa shape index (κ1) is 20.0. The fourth-order valence-corrected chi connectivity index (χ4v) is 6.50. The summed E-state index contributed by atoms with van der Waals surface area (Å²) in [5.41, 5.74) is 9.22. The highest BCUT2D eigenvalue weighted by Gasteiger charge is 2.21. The number of carbonyl (C=O) groups excluding carboxylic acids is 1. The Morgan fingerprint density at radius 3 is 2.60 bits per heavy atom. The van der Waals surface area contributed by atoms with E-state index in [9.17, 15) is 4.79 Å². The molecule has 1 aliphatic rings. The lowest BCUT2D eigenvalue weighted by atomic mass is 10.1. The summed E-state index contributed by atoms with van der Waals surface area (Å²) in [6.07, 6.45) is 0.941. The van der Waals surface area contributed by atoms with Gasteiger partial charge in [0.1, 0.15) is 0 Å². The van der Waals surface area contributed by atoms with Gasteiger partial charge in [0.05, 0.1) is 10.6 Å². The molecule has 2 heterocycles. The predicted octanol–water partition coefficient (Wildman–Crippen LogP) is 7.64. The average molecular weight is 514 g/mol. The molecule has 1 aliphatic carbocycles. The van der Waals surface area contributed by atoms with Crippen LogP contribution in [0, 0.1) is 13.8 Å². The molecule has 0 fully saturated rings. The Morgan fingerprint density at radius 1 is 1.13 bits per heavy atom. The molecule has 1 N–H and O–H groups in total. The minimum Gasteiger partial charge on any atom is -0.332 e. The Labute approximate surface area is 196 Å². The number of carbonyl (C=O) groups is 1. The zero-order chi connectivity index (χ0) is 21.0. The zero-order valence-electron chi connectivity index (χ0n) is 16.2. The van der Waals surface area contributed by atoms with Gasteiger partial charge in [0.25, 0.3) is 0 Å². The fourth-order valence-electron chi connectivity index (χ4n) is 4.06. The van der Waals surface area contributed by atoms with E-state index in [1.165, 1.54) is 33.6 Å². The summed E-state index contributed by atoms with van der Waals surface area (Å²) in [6.45, 7) is 3.99. The van der Waals surface area contributed by atoms with E-state index in [2.05, 4.69) is 70.3 Å². The van der Waals surface area contributed by atoms with Crippen molar-refractivity contribution in [2.24, 2.45) is 0 Å². The van der Waals surface area contributed by atoms with Crippen LogP contribution in [0.3, 0.4) is 0 Å². The lowest BCUT2D eigenvalue weighted by Gasteiger charge is -2.06. The van der Waals surface area contributed by atoms with Crippen molar-refractivity contribution in [2.45, 2.75) is 20.3 Å². The Bertz CT molecular complexity index is 1320. The Kier molecular flexibility index (Phi) is 5.09. The molecule has 150 valence electrons. The van der Waals surface area contributed by atoms with Gasteiger partial charge in [-0.1, -0.05) is 40.7 Å². The number of aryl methyl sites for hydroxylation is 1. The normalized spacial score (nSPS) is 12.0. The standard InChI is InChI=1S/C23H17BrN2OS3/c1-11-20(12(2)30-21(11)22(27)28)19-10-29-23(26-19)25-16-4-6-18-14(9-16)7-13-8-15(24)3-5-17(13)18/h3-6,8-10H,7H2,1-2H3,(H,25,26)(H,27,28). The van der Waals surface area contributed by atoms with E-state index in [4.69, 9.17) is 4.98 Å². The Balaban J connectivity index is 1.41. The third-order valence-electron chi connectivity index (χ3n) is 5.37. The van der Waals surface area contributed by atoms with Crippen molar-refractivity contribution >= 4 is 67.2 Å². The first-order valence-corrected chi connectivity index (χ1v) is 12.3. The zero-order valence-corrected chi connectivity index (χ0v) is 20.4. The molecule has 0 bridgehead atoms. The minimum atomic E-state index is -0.188. The third kappa shape index (κ3) is 3.43. The molecule has 0 aliphatic heterocycles. The monoisotopic (exact) mass is 512 g/mol. The number of rotatable bonds is 4. The maximum Gasteiger partial charge on any atom is 0.226 e. The van der Waals surface area contributed by atoms with Gasteiger partial charge >= 0.3 is 0 Å². The van der Waals surface area contributed by atoms with Gasteiger partial charge in [-0.15, -0.1) is 22.7 Å². The number of anilines is 2. The molecule has 7 heteroatoms. The van der Waals surface area contributed by atoms with Crippen molar-refractivity contribution in [1.82, 2.24) is 4.98 Å². The summed E-state index contributed by atoms with van der Waals surface area (Å²) in [5.74, 6) is 0. The van der Waals surface area contributed by atoms with Crippen LogP contribution in [0.25, 0.3) is 22.4 Å². The molecule has 2 aromatic carbocycles. The number of fused-ring (bicyclic) bond motifs is 3. The lowest BCUT2D eigenvalue weighted by molar-refractivity contribution is 0.109. The van der Waals surface area contributed by atoms with E-state index in [0.29, 0.717) is 4.88 Å². The molecule has 2 aromatic heterocycles. The molecule has 3 nitrogen and oxygen atoms in total. The van der Waals surface area contributed by atoms with Crippen LogP contribution >= 0.6 is 51.2 Å². The van der Waals surface area contributed by atoms with Gasteiger partial charge in [0.2, 0.25) is 5.12 Å². The van der Waals surface area contributed by atoms with E-state index in [1.807, 2.05) is 19.2 Å². The van der Waals surface area contributed by atoms with Gasteiger partial charge in [0.15, 0.2) is 5.13 Å². The third-order valence-corrected chi connectivity index (χ3v) is 8.20. The smallest absolute Gasteiger partial charge is 0.226 e. The van der Waals surface area contributed by atoms with E-state index in [1.54, 1.807) is 11.3 Å². The quantitative estimate of drug-likeness (QED) is 0.243. The lowest BCUT2D eigenvalue weighted by Crippen LogP contribution is -1.92. The number of hydrogen-bond acceptors (Lipinski definition) is 5. The number of thiazole rings is 1. The number of thiophene rings is 1. The number of nitrogens with one attached hydrogen (secondary N) is 1. The van der Waals surface area contributed by atoms with Crippen molar-refractivity contribution in [3.8, 4) is 22.4 Å². The summed E-state index contributed by atoms with van der Waals surface area (Å²) in [4.78, 5) is 18.3. The molecule has 0 saturated heterocycles. The van der Waals surface area contributed by atoms with Crippen LogP contribution < -0.4 is 5.32 Å². The molecule has 5 rings (SSSR count). The van der Waals surface area contributed by atoms with Gasteiger partial charge in [0, 0.05) is 26.0 Å². The summed E-state index contributed by atoms with van der Waals surface area (Å²) < 4.78 is 1.12. The summed E-state index contributed by atoms with van der Waals surface area (Å²) in [7, 11) is 0. The molecule has 0 amide bonds. The van der Waals surface area contributed by atoms with Crippen molar-refractivity contribution in [3.05, 3.63) is 72.7 Å². The molecule has 4 aromatic rings. The Morgan fingerprint density at radius 2 is 1.87 bits per heavy atom. The number of benzene rings is 2. The maximum absolute atomic E-state index is 11.7. The fraction of sp³-hybridized carbons (Fsp3) is 0.130. The first-order chi connectivity index (χ1) is 14.4. The van der Waals surface area contributed by atoms with Gasteiger partial charge in [-0.2, -0.15) is 0 Å². The van der Waals surface area contributed by atoms with Gasteiger partial charge < -0.3 is 5.32 Å². The van der Waals surface area contributed by atoms with Crippen molar-refractivity contribution in [1.29, 1.82) is 0 Å². The summed E-state index contributed by atoms with van der Waals surface area (Å²) in [6, 6.07) is 13.0. The SMILES string of the molecule is Cc1sc(C(=O)S)c(C)c1-c1csc(Nc2ccc3c(c2)Cc2cc(Br)ccc2-3)n1. The first-order valence-electron chi connectivity index (χ1n) is 9.38. The average Bonchev–Trinajstić information content (AvgIpc) is 3.36. The molecular weight excluding hydrogens is 496 g/mol. The van der Waals surface area contributed by atoms with Crippen LogP contribution in [-0.4, -0.2) is 10.1 Å². The maximum atomic E-state index is 11.7. The van der Waals surface area contributed by atoms with Crippen LogP contribution in [-0.2, 0) is 6.42 Å². The largest absolute Gasteiger partial charge is 0.332 e. The number of nitrogens with zero attached hydrogens (tertiary/aromatic N) is 1. The molecule has 0 radical (unpaired) electrons. The van der Waals surface area contributed by atoms with E-state index in [-0.39, 0.29) is 5.12 Å². The van der Waals surface area contributed by atoms with Crippen LogP contribution in [0.4, 0.5) is 10.8 Å².